The molecule has 4 aromatic carbocycles. The molecule has 0 spiro atoms. The third-order valence-corrected chi connectivity index (χ3v) is 9.46. The zero-order valence-corrected chi connectivity index (χ0v) is 31.2. The predicted octanol–water partition coefficient (Wildman–Crippen LogP) is 5.52. The topological polar surface area (TPSA) is 168 Å². The number of fused-ring (bicyclic) bond motifs is 2. The van der Waals surface area contributed by atoms with E-state index in [4.69, 9.17) is 9.47 Å². The van der Waals surface area contributed by atoms with Crippen LogP contribution in [-0.4, -0.2) is 80.2 Å². The van der Waals surface area contributed by atoms with Gasteiger partial charge in [0, 0.05) is 24.3 Å². The lowest BCUT2D eigenvalue weighted by molar-refractivity contribution is -0.139. The molecule has 57 heavy (non-hydrogen) atoms. The second-order valence-electron chi connectivity index (χ2n) is 14.4. The van der Waals surface area contributed by atoms with Crippen LogP contribution in [0.25, 0.3) is 0 Å². The monoisotopic (exact) mass is 766 g/mol. The first-order valence-electron chi connectivity index (χ1n) is 17.7. The lowest BCUT2D eigenvalue weighted by atomic mass is 9.87. The van der Waals surface area contributed by atoms with Gasteiger partial charge in [0.1, 0.15) is 36.3 Å². The number of amides is 8. The molecule has 0 saturated heterocycles. The number of nitrogens with zero attached hydrogens (tertiary/aromatic N) is 4. The van der Waals surface area contributed by atoms with Crippen LogP contribution in [0, 0.1) is 6.92 Å². The van der Waals surface area contributed by atoms with E-state index in [0.29, 0.717) is 23.0 Å². The Morgan fingerprint density at radius 3 is 1.12 bits per heavy atom. The molecule has 0 unspecified atom stereocenters. The normalized spacial score (nSPS) is 15.9. The molecule has 0 saturated carbocycles. The van der Waals surface area contributed by atoms with Crippen molar-refractivity contribution in [3.8, 4) is 23.0 Å². The van der Waals surface area contributed by atoms with Crippen molar-refractivity contribution < 1.29 is 47.8 Å². The third-order valence-electron chi connectivity index (χ3n) is 9.46. The summed E-state index contributed by atoms with van der Waals surface area (Å²) in [4.78, 5) is 101. The summed E-state index contributed by atoms with van der Waals surface area (Å²) in [6.07, 6.45) is 4.43. The number of benzene rings is 4. The fourth-order valence-electron chi connectivity index (χ4n) is 6.25. The Morgan fingerprint density at radius 1 is 0.421 bits per heavy atom. The van der Waals surface area contributed by atoms with Crippen molar-refractivity contribution in [2.45, 2.75) is 33.1 Å². The standard InChI is InChI=1S/C23H20N2O5.C20H14N2O5/c1-23(2,3)14-4-6-15(7-5-14)30-16-8-9-17-18(12-16)22(29)25(21(17)28)13-24-19(26)10-11-20(24)27;1-12-2-4-13(5-3-12)27-14-6-7-15-16(10-14)20(26)22(19(15)25)11-21-17(23)8-9-18(21)24/h4-12H,13H2,1-3H3;2-10H,11H2,1H3. The van der Waals surface area contributed by atoms with Crippen LogP contribution in [0.15, 0.2) is 109 Å². The number of rotatable bonds is 8. The summed E-state index contributed by atoms with van der Waals surface area (Å²) in [5.41, 5.74) is 3.06. The van der Waals surface area contributed by atoms with Crippen LogP contribution in [-0.2, 0) is 24.6 Å². The van der Waals surface area contributed by atoms with Gasteiger partial charge in [-0.25, -0.2) is 0 Å². The molecule has 14 nitrogen and oxygen atoms in total. The average molecular weight is 767 g/mol. The van der Waals surface area contributed by atoms with Crippen LogP contribution in [0.4, 0.5) is 0 Å². The van der Waals surface area contributed by atoms with Gasteiger partial charge in [-0.05, 0) is 78.6 Å². The smallest absolute Gasteiger partial charge is 0.263 e. The highest BCUT2D eigenvalue weighted by Gasteiger charge is 2.40. The van der Waals surface area contributed by atoms with E-state index in [1.165, 1.54) is 29.8 Å². The quantitative estimate of drug-likeness (QED) is 0.208. The van der Waals surface area contributed by atoms with Crippen molar-refractivity contribution in [3.05, 3.63) is 143 Å². The Labute approximate surface area is 326 Å². The maximum absolute atomic E-state index is 12.7. The van der Waals surface area contributed by atoms with Crippen molar-refractivity contribution in [3.63, 3.8) is 0 Å². The van der Waals surface area contributed by atoms with Crippen molar-refractivity contribution in [2.75, 3.05) is 13.3 Å². The van der Waals surface area contributed by atoms with Crippen molar-refractivity contribution >= 4 is 47.3 Å². The molecule has 8 amide bonds. The lowest BCUT2D eigenvalue weighted by Crippen LogP contribution is -2.43. The maximum atomic E-state index is 12.7. The zero-order valence-electron chi connectivity index (χ0n) is 31.2. The van der Waals surface area contributed by atoms with Crippen molar-refractivity contribution in [2.24, 2.45) is 0 Å². The van der Waals surface area contributed by atoms with Crippen molar-refractivity contribution in [1.82, 2.24) is 19.6 Å². The van der Waals surface area contributed by atoms with Gasteiger partial charge >= 0.3 is 0 Å². The molecular weight excluding hydrogens is 732 g/mol. The molecule has 0 fully saturated rings. The van der Waals surface area contributed by atoms with Gasteiger partial charge < -0.3 is 9.47 Å². The van der Waals surface area contributed by atoms with Gasteiger partial charge in [-0.2, -0.15) is 0 Å². The van der Waals surface area contributed by atoms with E-state index in [9.17, 15) is 38.4 Å². The summed E-state index contributed by atoms with van der Waals surface area (Å²) in [6, 6.07) is 24.3. The van der Waals surface area contributed by atoms with Crippen LogP contribution in [0.3, 0.4) is 0 Å². The molecule has 0 radical (unpaired) electrons. The Morgan fingerprint density at radius 2 is 0.754 bits per heavy atom. The molecular formula is C43H34N4O10. The Kier molecular flexibility index (Phi) is 9.71. The Bertz CT molecular complexity index is 2440. The lowest BCUT2D eigenvalue weighted by Gasteiger charge is -2.20. The number of aryl methyl sites for hydroxylation is 1. The molecule has 0 N–H and O–H groups in total. The summed E-state index contributed by atoms with van der Waals surface area (Å²) >= 11 is 0. The second-order valence-corrected chi connectivity index (χ2v) is 14.4. The van der Waals surface area contributed by atoms with Crippen LogP contribution < -0.4 is 9.47 Å². The van der Waals surface area contributed by atoms with E-state index in [1.54, 1.807) is 24.3 Å². The molecule has 14 heteroatoms. The highest BCUT2D eigenvalue weighted by Crippen LogP contribution is 2.32. The van der Waals surface area contributed by atoms with Crippen LogP contribution in [0.2, 0.25) is 0 Å². The minimum Gasteiger partial charge on any atom is -0.457 e. The largest absolute Gasteiger partial charge is 0.457 e. The summed E-state index contributed by atoms with van der Waals surface area (Å²) in [5, 5.41) is 0. The van der Waals surface area contributed by atoms with E-state index in [1.807, 2.05) is 43.3 Å². The number of hydrogen-bond acceptors (Lipinski definition) is 10. The van der Waals surface area contributed by atoms with E-state index < -0.39 is 60.6 Å². The molecule has 8 rings (SSSR count). The fraction of sp³-hybridized carbons (Fsp3) is 0.163. The highest BCUT2D eigenvalue weighted by molar-refractivity contribution is 6.23. The molecule has 4 aromatic rings. The van der Waals surface area contributed by atoms with Gasteiger partial charge in [-0.15, -0.1) is 0 Å². The zero-order chi connectivity index (χ0) is 40.8. The summed E-state index contributed by atoms with van der Waals surface area (Å²) in [5.74, 6) is -2.44. The number of carbonyl (C=O) groups excluding carboxylic acids is 8. The fourth-order valence-corrected chi connectivity index (χ4v) is 6.25. The van der Waals surface area contributed by atoms with Gasteiger partial charge in [-0.3, -0.25) is 58.0 Å². The van der Waals surface area contributed by atoms with Crippen LogP contribution >= 0.6 is 0 Å². The third kappa shape index (κ3) is 7.48. The van der Waals surface area contributed by atoms with E-state index in [0.717, 1.165) is 49.5 Å². The van der Waals surface area contributed by atoms with E-state index in [2.05, 4.69) is 20.8 Å². The Hall–Kier alpha value is -7.48. The summed E-state index contributed by atoms with van der Waals surface area (Å²) in [6.45, 7) is 7.50. The van der Waals surface area contributed by atoms with Gasteiger partial charge in [0.25, 0.3) is 47.3 Å². The molecule has 0 atom stereocenters. The number of ether oxygens (including phenoxy) is 2. The Balaban J connectivity index is 0.000000175. The predicted molar refractivity (Wildman–Crippen MR) is 202 cm³/mol. The molecule has 4 aliphatic heterocycles. The molecule has 286 valence electrons. The van der Waals surface area contributed by atoms with Gasteiger partial charge in [-0.1, -0.05) is 50.6 Å². The average Bonchev–Trinajstić information content (AvgIpc) is 3.83. The van der Waals surface area contributed by atoms with E-state index in [-0.39, 0.29) is 27.7 Å². The van der Waals surface area contributed by atoms with Crippen LogP contribution in [0.1, 0.15) is 73.3 Å². The highest BCUT2D eigenvalue weighted by atomic mass is 16.5. The molecule has 0 aromatic heterocycles. The molecule has 4 aliphatic rings. The molecule has 4 heterocycles. The molecule has 0 bridgehead atoms. The number of imide groups is 4. The van der Waals surface area contributed by atoms with Gasteiger partial charge in [0.05, 0.1) is 22.3 Å². The van der Waals surface area contributed by atoms with Gasteiger partial charge in [0.2, 0.25) is 0 Å². The first kappa shape index (κ1) is 37.8. The SMILES string of the molecule is CC(C)(C)c1ccc(Oc2ccc3c(c2)C(=O)N(CN2C(=O)C=CC2=O)C3=O)cc1.Cc1ccc(Oc2ccc3c(c2)C(=O)N(CN2C(=O)C=CC2=O)C3=O)cc1. The summed E-state index contributed by atoms with van der Waals surface area (Å²) < 4.78 is 11.6. The second kappa shape index (κ2) is 14.6. The number of hydrogen-bond donors (Lipinski definition) is 0. The summed E-state index contributed by atoms with van der Waals surface area (Å²) in [7, 11) is 0. The van der Waals surface area contributed by atoms with Crippen LogP contribution in [0.5, 0.6) is 23.0 Å². The van der Waals surface area contributed by atoms with Crippen molar-refractivity contribution in [1.29, 1.82) is 0 Å². The molecule has 0 aliphatic carbocycles. The van der Waals surface area contributed by atoms with Gasteiger partial charge in [0.15, 0.2) is 0 Å². The number of carbonyl (C=O) groups is 8. The van der Waals surface area contributed by atoms with E-state index >= 15 is 0 Å². The minimum atomic E-state index is -0.573. The first-order chi connectivity index (χ1) is 27.1. The maximum Gasteiger partial charge on any atom is 0.263 e. The first-order valence-corrected chi connectivity index (χ1v) is 17.7. The minimum absolute atomic E-state index is 0.0238.